The summed E-state index contributed by atoms with van der Waals surface area (Å²) >= 11 is 0. The van der Waals surface area contributed by atoms with Gasteiger partial charge in [-0.3, -0.25) is 14.5 Å². The zero-order valence-electron chi connectivity index (χ0n) is 19.7. The molecule has 1 unspecified atom stereocenters. The van der Waals surface area contributed by atoms with Gasteiger partial charge in [0.1, 0.15) is 17.3 Å². The van der Waals surface area contributed by atoms with Gasteiger partial charge in [-0.2, -0.15) is 0 Å². The van der Waals surface area contributed by atoms with E-state index in [1.54, 1.807) is 24.3 Å². The Hall–Kier alpha value is -4.06. The molecule has 174 valence electrons. The first-order valence-electron chi connectivity index (χ1n) is 11.1. The van der Waals surface area contributed by atoms with Gasteiger partial charge in [-0.25, -0.2) is 0 Å². The first-order valence-corrected chi connectivity index (χ1v) is 11.1. The lowest BCUT2D eigenvalue weighted by Gasteiger charge is -2.27. The van der Waals surface area contributed by atoms with E-state index in [1.165, 1.54) is 12.0 Å². The molecule has 34 heavy (non-hydrogen) atoms. The molecule has 6 heteroatoms. The third-order valence-corrected chi connectivity index (χ3v) is 5.91. The van der Waals surface area contributed by atoms with Crippen molar-refractivity contribution in [1.82, 2.24) is 0 Å². The maximum absolute atomic E-state index is 13.4. The zero-order valence-corrected chi connectivity index (χ0v) is 19.7. The standard InChI is InChI=1S/C28H27NO5/c1-5-34-20-11-8-10-19(16-20)25-24(26(30)21-15-17(2)13-14-23(21)33-4)27(31)28(32)29(25)22-12-7-6-9-18(22)3/h6-16,25,30H,5H2,1-4H3/b26-24+. The molecule has 0 radical (unpaired) electrons. The molecule has 1 aliphatic heterocycles. The summed E-state index contributed by atoms with van der Waals surface area (Å²) in [5.74, 6) is -0.706. The smallest absolute Gasteiger partial charge is 0.300 e. The summed E-state index contributed by atoms with van der Waals surface area (Å²) in [7, 11) is 1.50. The summed E-state index contributed by atoms with van der Waals surface area (Å²) < 4.78 is 11.1. The van der Waals surface area contributed by atoms with Gasteiger partial charge < -0.3 is 14.6 Å². The predicted molar refractivity (Wildman–Crippen MR) is 131 cm³/mol. The van der Waals surface area contributed by atoms with E-state index in [1.807, 2.05) is 63.2 Å². The van der Waals surface area contributed by atoms with Crippen molar-refractivity contribution in [3.05, 3.63) is 94.6 Å². The molecule has 4 rings (SSSR count). The number of benzene rings is 3. The Labute approximate surface area is 199 Å². The van der Waals surface area contributed by atoms with Gasteiger partial charge in [-0.15, -0.1) is 0 Å². The van der Waals surface area contributed by atoms with Crippen LogP contribution in [-0.2, 0) is 9.59 Å². The van der Waals surface area contributed by atoms with E-state index in [-0.39, 0.29) is 11.3 Å². The average molecular weight is 458 g/mol. The molecule has 0 aliphatic carbocycles. The first-order chi connectivity index (χ1) is 16.4. The highest BCUT2D eigenvalue weighted by Crippen LogP contribution is 2.44. The number of ketones is 1. The number of hydrogen-bond donors (Lipinski definition) is 1. The van der Waals surface area contributed by atoms with Gasteiger partial charge in [-0.1, -0.05) is 42.0 Å². The third kappa shape index (κ3) is 4.03. The molecule has 1 saturated heterocycles. The third-order valence-electron chi connectivity index (χ3n) is 5.91. The molecule has 1 heterocycles. The molecule has 1 fully saturated rings. The number of aryl methyl sites for hydroxylation is 2. The Morgan fingerprint density at radius 3 is 2.47 bits per heavy atom. The van der Waals surface area contributed by atoms with Gasteiger partial charge in [0.15, 0.2) is 0 Å². The van der Waals surface area contributed by atoms with Crippen LogP contribution in [0.5, 0.6) is 11.5 Å². The van der Waals surface area contributed by atoms with Crippen molar-refractivity contribution >= 4 is 23.1 Å². The van der Waals surface area contributed by atoms with Gasteiger partial charge in [0, 0.05) is 5.69 Å². The number of rotatable bonds is 6. The van der Waals surface area contributed by atoms with Gasteiger partial charge in [0.05, 0.1) is 30.9 Å². The fourth-order valence-electron chi connectivity index (χ4n) is 4.32. The number of hydrogen-bond acceptors (Lipinski definition) is 5. The predicted octanol–water partition coefficient (Wildman–Crippen LogP) is 5.34. The maximum atomic E-state index is 13.4. The SMILES string of the molecule is CCOc1cccc(C2/C(=C(\O)c3cc(C)ccc3OC)C(=O)C(=O)N2c2ccccc2C)c1. The highest BCUT2D eigenvalue weighted by atomic mass is 16.5. The summed E-state index contributed by atoms with van der Waals surface area (Å²) in [5, 5.41) is 11.5. The Balaban J connectivity index is 2.00. The van der Waals surface area contributed by atoms with Crippen LogP contribution in [-0.4, -0.2) is 30.5 Å². The fourth-order valence-corrected chi connectivity index (χ4v) is 4.32. The molecule has 3 aromatic carbocycles. The van der Waals surface area contributed by atoms with E-state index in [0.717, 1.165) is 11.1 Å². The van der Waals surface area contributed by atoms with Crippen LogP contribution in [0.4, 0.5) is 5.69 Å². The van der Waals surface area contributed by atoms with Crippen molar-refractivity contribution in [1.29, 1.82) is 0 Å². The molecule has 0 spiro atoms. The number of ether oxygens (including phenoxy) is 2. The number of para-hydroxylation sites is 1. The van der Waals surface area contributed by atoms with Gasteiger partial charge >= 0.3 is 0 Å². The van der Waals surface area contributed by atoms with Crippen LogP contribution >= 0.6 is 0 Å². The molecule has 0 saturated carbocycles. The maximum Gasteiger partial charge on any atom is 0.300 e. The molecule has 1 N–H and O–H groups in total. The summed E-state index contributed by atoms with van der Waals surface area (Å²) in [4.78, 5) is 28.3. The molecule has 1 atom stereocenters. The fraction of sp³-hybridized carbons (Fsp3) is 0.214. The van der Waals surface area contributed by atoms with E-state index in [9.17, 15) is 14.7 Å². The molecule has 0 aromatic heterocycles. The van der Waals surface area contributed by atoms with Crippen LogP contribution < -0.4 is 14.4 Å². The topological polar surface area (TPSA) is 76.1 Å². The Kier molecular flexibility index (Phi) is 6.41. The number of anilines is 1. The van der Waals surface area contributed by atoms with Crippen LogP contribution in [0.25, 0.3) is 5.76 Å². The van der Waals surface area contributed by atoms with Crippen molar-refractivity contribution < 1.29 is 24.2 Å². The van der Waals surface area contributed by atoms with E-state index < -0.39 is 17.7 Å². The average Bonchev–Trinajstić information content (AvgIpc) is 3.09. The van der Waals surface area contributed by atoms with Gasteiger partial charge in [-0.05, 0) is 62.2 Å². The van der Waals surface area contributed by atoms with Crippen LogP contribution in [0.1, 0.15) is 35.2 Å². The number of amides is 1. The van der Waals surface area contributed by atoms with Crippen molar-refractivity contribution in [3.63, 3.8) is 0 Å². The lowest BCUT2D eigenvalue weighted by molar-refractivity contribution is -0.132. The number of methoxy groups -OCH3 is 1. The monoisotopic (exact) mass is 457 g/mol. The Morgan fingerprint density at radius 1 is 1.00 bits per heavy atom. The zero-order chi connectivity index (χ0) is 24.4. The Morgan fingerprint density at radius 2 is 1.76 bits per heavy atom. The van der Waals surface area contributed by atoms with Crippen LogP contribution in [0.3, 0.4) is 0 Å². The largest absolute Gasteiger partial charge is 0.507 e. The van der Waals surface area contributed by atoms with E-state index in [4.69, 9.17) is 9.47 Å². The van der Waals surface area contributed by atoms with Gasteiger partial charge in [0.25, 0.3) is 11.7 Å². The van der Waals surface area contributed by atoms with Crippen molar-refractivity contribution in [2.75, 3.05) is 18.6 Å². The minimum absolute atomic E-state index is 0.00537. The molecule has 6 nitrogen and oxygen atoms in total. The second-order valence-corrected chi connectivity index (χ2v) is 8.16. The number of aliphatic hydroxyl groups excluding tert-OH is 1. The second-order valence-electron chi connectivity index (χ2n) is 8.16. The minimum Gasteiger partial charge on any atom is -0.507 e. The van der Waals surface area contributed by atoms with Crippen molar-refractivity contribution in [2.24, 2.45) is 0 Å². The van der Waals surface area contributed by atoms with Crippen LogP contribution in [0.2, 0.25) is 0 Å². The van der Waals surface area contributed by atoms with Crippen molar-refractivity contribution in [2.45, 2.75) is 26.8 Å². The van der Waals surface area contributed by atoms with Crippen molar-refractivity contribution in [3.8, 4) is 11.5 Å². The number of carbonyl (C=O) groups is 2. The summed E-state index contributed by atoms with van der Waals surface area (Å²) in [5.41, 5.74) is 3.34. The first kappa shape index (κ1) is 23.1. The van der Waals surface area contributed by atoms with E-state index in [2.05, 4.69) is 0 Å². The highest BCUT2D eigenvalue weighted by Gasteiger charge is 2.47. The number of carbonyl (C=O) groups excluding carboxylic acids is 2. The number of aliphatic hydroxyl groups is 1. The quantitative estimate of drug-likeness (QED) is 0.307. The number of nitrogens with zero attached hydrogens (tertiary/aromatic N) is 1. The second kappa shape index (κ2) is 9.43. The van der Waals surface area contributed by atoms with Gasteiger partial charge in [0.2, 0.25) is 0 Å². The van der Waals surface area contributed by atoms with Crippen LogP contribution in [0.15, 0.2) is 72.3 Å². The molecule has 1 amide bonds. The minimum atomic E-state index is -0.841. The van der Waals surface area contributed by atoms with Crippen LogP contribution in [0, 0.1) is 13.8 Å². The number of Topliss-reactive ketones (excluding diaryl/α,β-unsaturated/α-hetero) is 1. The summed E-state index contributed by atoms with van der Waals surface area (Å²) in [6, 6.07) is 19.1. The lowest BCUT2D eigenvalue weighted by atomic mass is 9.94. The summed E-state index contributed by atoms with van der Waals surface area (Å²) in [6.45, 7) is 6.12. The normalized spacial score (nSPS) is 17.2. The van der Waals surface area contributed by atoms with E-state index in [0.29, 0.717) is 34.9 Å². The molecular weight excluding hydrogens is 430 g/mol. The lowest BCUT2D eigenvalue weighted by Crippen LogP contribution is -2.30. The Bertz CT molecular complexity index is 1290. The summed E-state index contributed by atoms with van der Waals surface area (Å²) in [6.07, 6.45) is 0. The van der Waals surface area contributed by atoms with E-state index >= 15 is 0 Å². The highest BCUT2D eigenvalue weighted by molar-refractivity contribution is 6.51. The molecule has 1 aliphatic rings. The molecular formula is C28H27NO5. The molecule has 3 aromatic rings. The molecule has 0 bridgehead atoms.